The van der Waals surface area contributed by atoms with Crippen molar-refractivity contribution in [2.45, 2.75) is 52.0 Å². The molecule has 2 aliphatic rings. The van der Waals surface area contributed by atoms with Crippen LogP contribution in [0.15, 0.2) is 0 Å². The number of hydrogen-bond donors (Lipinski definition) is 1. The van der Waals surface area contributed by atoms with Crippen LogP contribution in [0.25, 0.3) is 0 Å². The molecule has 1 atom stereocenters. The zero-order chi connectivity index (χ0) is 13.3. The third-order valence-electron chi connectivity index (χ3n) is 4.55. The van der Waals surface area contributed by atoms with Crippen molar-refractivity contribution in [2.75, 3.05) is 13.1 Å². The van der Waals surface area contributed by atoms with E-state index in [2.05, 4.69) is 12.2 Å². The second-order valence-corrected chi connectivity index (χ2v) is 5.84. The minimum absolute atomic E-state index is 0.0127. The molecule has 102 valence electrons. The zero-order valence-electron chi connectivity index (χ0n) is 11.7. The molecule has 4 nitrogen and oxygen atoms in total. The summed E-state index contributed by atoms with van der Waals surface area (Å²) in [4.78, 5) is 26.1. The summed E-state index contributed by atoms with van der Waals surface area (Å²) in [5.41, 5.74) is -0.654. The van der Waals surface area contributed by atoms with Crippen molar-refractivity contribution in [3.63, 3.8) is 0 Å². The Morgan fingerprint density at radius 2 is 1.94 bits per heavy atom. The lowest BCUT2D eigenvalue weighted by Crippen LogP contribution is -2.66. The molecule has 1 saturated heterocycles. The van der Waals surface area contributed by atoms with Crippen molar-refractivity contribution in [3.05, 3.63) is 0 Å². The molecule has 0 aromatic heterocycles. The van der Waals surface area contributed by atoms with Gasteiger partial charge in [0.15, 0.2) is 0 Å². The summed E-state index contributed by atoms with van der Waals surface area (Å²) in [6, 6.07) is 0. The molecule has 0 radical (unpaired) electrons. The Bertz CT molecular complexity index is 346. The van der Waals surface area contributed by atoms with Gasteiger partial charge in [0.05, 0.1) is 6.54 Å². The molecule has 1 aliphatic heterocycles. The van der Waals surface area contributed by atoms with E-state index < -0.39 is 5.54 Å². The van der Waals surface area contributed by atoms with Gasteiger partial charge in [0.1, 0.15) is 5.54 Å². The summed E-state index contributed by atoms with van der Waals surface area (Å²) in [5, 5.41) is 2.90. The first-order valence-electron chi connectivity index (χ1n) is 7.12. The van der Waals surface area contributed by atoms with Gasteiger partial charge in [0, 0.05) is 6.54 Å². The predicted molar refractivity (Wildman–Crippen MR) is 69.9 cm³/mol. The molecule has 0 aromatic carbocycles. The van der Waals surface area contributed by atoms with Crippen LogP contribution in [0.3, 0.4) is 0 Å². The summed E-state index contributed by atoms with van der Waals surface area (Å²) in [5.74, 6) is 1.38. The van der Waals surface area contributed by atoms with Crippen LogP contribution in [0.2, 0.25) is 0 Å². The van der Waals surface area contributed by atoms with Crippen molar-refractivity contribution in [3.8, 4) is 0 Å². The van der Waals surface area contributed by atoms with Crippen LogP contribution >= 0.6 is 0 Å². The minimum atomic E-state index is -0.654. The molecule has 1 saturated carbocycles. The molecule has 0 spiro atoms. The lowest BCUT2D eigenvalue weighted by atomic mass is 9.88. The maximum absolute atomic E-state index is 12.5. The minimum Gasteiger partial charge on any atom is -0.340 e. The highest BCUT2D eigenvalue weighted by atomic mass is 16.2. The molecule has 1 N–H and O–H groups in total. The van der Waals surface area contributed by atoms with E-state index in [4.69, 9.17) is 0 Å². The molecule has 18 heavy (non-hydrogen) atoms. The Morgan fingerprint density at radius 1 is 1.33 bits per heavy atom. The molecule has 1 unspecified atom stereocenters. The van der Waals surface area contributed by atoms with Gasteiger partial charge in [-0.25, -0.2) is 0 Å². The second-order valence-electron chi connectivity index (χ2n) is 5.84. The Kier molecular flexibility index (Phi) is 3.64. The molecule has 0 aromatic rings. The lowest BCUT2D eigenvalue weighted by Gasteiger charge is -2.42. The predicted octanol–water partition coefficient (Wildman–Crippen LogP) is 1.55. The Morgan fingerprint density at radius 3 is 2.44 bits per heavy atom. The first kappa shape index (κ1) is 13.4. The molecule has 4 heteroatoms. The van der Waals surface area contributed by atoms with Crippen LogP contribution in [0, 0.1) is 11.8 Å². The summed E-state index contributed by atoms with van der Waals surface area (Å²) in [6.45, 7) is 7.10. The smallest absolute Gasteiger partial charge is 0.248 e. The van der Waals surface area contributed by atoms with Crippen molar-refractivity contribution in [1.82, 2.24) is 10.2 Å². The Hall–Kier alpha value is -1.06. The standard InChI is InChI=1S/C14H24N2O2/c1-4-14(5-2)13(18)16(9-12(17)15-14)8-10(3)11-6-7-11/h10-11H,4-9H2,1-3H3,(H,15,17). The molecule has 1 heterocycles. The molecule has 2 rings (SSSR count). The molecular weight excluding hydrogens is 228 g/mol. The van der Waals surface area contributed by atoms with Crippen LogP contribution in [0.5, 0.6) is 0 Å². The topological polar surface area (TPSA) is 49.4 Å². The summed E-state index contributed by atoms with van der Waals surface area (Å²) in [7, 11) is 0. The third-order valence-corrected chi connectivity index (χ3v) is 4.55. The van der Waals surface area contributed by atoms with Crippen molar-refractivity contribution in [2.24, 2.45) is 11.8 Å². The fourth-order valence-electron chi connectivity index (χ4n) is 2.95. The normalized spacial score (nSPS) is 24.9. The van der Waals surface area contributed by atoms with Gasteiger partial charge in [-0.3, -0.25) is 9.59 Å². The molecule has 2 fully saturated rings. The van der Waals surface area contributed by atoms with E-state index in [1.807, 2.05) is 13.8 Å². The molecule has 2 amide bonds. The highest BCUT2D eigenvalue weighted by molar-refractivity contribution is 5.97. The highest BCUT2D eigenvalue weighted by Crippen LogP contribution is 2.37. The van der Waals surface area contributed by atoms with Gasteiger partial charge in [-0.05, 0) is 37.5 Å². The number of nitrogens with zero attached hydrogens (tertiary/aromatic N) is 1. The maximum atomic E-state index is 12.5. The highest BCUT2D eigenvalue weighted by Gasteiger charge is 2.44. The number of amides is 2. The van der Waals surface area contributed by atoms with Crippen LogP contribution in [0.4, 0.5) is 0 Å². The van der Waals surface area contributed by atoms with E-state index >= 15 is 0 Å². The van der Waals surface area contributed by atoms with Crippen LogP contribution in [0.1, 0.15) is 46.5 Å². The van der Waals surface area contributed by atoms with Gasteiger partial charge < -0.3 is 10.2 Å². The van der Waals surface area contributed by atoms with Crippen LogP contribution in [-0.4, -0.2) is 35.3 Å². The number of carbonyl (C=O) groups is 2. The van der Waals surface area contributed by atoms with Gasteiger partial charge in [0.25, 0.3) is 0 Å². The maximum Gasteiger partial charge on any atom is 0.248 e. The van der Waals surface area contributed by atoms with E-state index in [-0.39, 0.29) is 18.4 Å². The van der Waals surface area contributed by atoms with Gasteiger partial charge in [0.2, 0.25) is 11.8 Å². The Labute approximate surface area is 109 Å². The average Bonchev–Trinajstić information content (AvgIpc) is 3.17. The van der Waals surface area contributed by atoms with E-state index in [9.17, 15) is 9.59 Å². The number of piperazine rings is 1. The lowest BCUT2D eigenvalue weighted by molar-refractivity contribution is -0.151. The fraction of sp³-hybridized carbons (Fsp3) is 0.857. The first-order chi connectivity index (χ1) is 8.52. The number of carbonyl (C=O) groups excluding carboxylic acids is 2. The average molecular weight is 252 g/mol. The van der Waals surface area contributed by atoms with Crippen molar-refractivity contribution in [1.29, 1.82) is 0 Å². The molecule has 0 bridgehead atoms. The van der Waals surface area contributed by atoms with Gasteiger partial charge in [-0.1, -0.05) is 20.8 Å². The molecular formula is C14H24N2O2. The zero-order valence-corrected chi connectivity index (χ0v) is 11.7. The Balaban J connectivity index is 2.09. The molecule has 1 aliphatic carbocycles. The largest absolute Gasteiger partial charge is 0.340 e. The quantitative estimate of drug-likeness (QED) is 0.807. The third kappa shape index (κ3) is 2.38. The number of rotatable bonds is 5. The van der Waals surface area contributed by atoms with Crippen LogP contribution < -0.4 is 5.32 Å². The summed E-state index contributed by atoms with van der Waals surface area (Å²) in [6.07, 6.45) is 3.90. The first-order valence-corrected chi connectivity index (χ1v) is 7.12. The van der Waals surface area contributed by atoms with E-state index in [1.165, 1.54) is 12.8 Å². The van der Waals surface area contributed by atoms with Gasteiger partial charge in [-0.15, -0.1) is 0 Å². The van der Waals surface area contributed by atoms with Gasteiger partial charge in [-0.2, -0.15) is 0 Å². The van der Waals surface area contributed by atoms with Crippen molar-refractivity contribution >= 4 is 11.8 Å². The van der Waals surface area contributed by atoms with E-state index in [0.29, 0.717) is 18.8 Å². The number of hydrogen-bond acceptors (Lipinski definition) is 2. The number of nitrogens with one attached hydrogen (secondary N) is 1. The van der Waals surface area contributed by atoms with E-state index in [0.717, 1.165) is 12.5 Å². The summed E-state index contributed by atoms with van der Waals surface area (Å²) < 4.78 is 0. The SMILES string of the molecule is CCC1(CC)NC(=O)CN(CC(C)C2CC2)C1=O. The van der Waals surface area contributed by atoms with Crippen molar-refractivity contribution < 1.29 is 9.59 Å². The van der Waals surface area contributed by atoms with Crippen LogP contribution in [-0.2, 0) is 9.59 Å². The van der Waals surface area contributed by atoms with E-state index in [1.54, 1.807) is 4.90 Å². The van der Waals surface area contributed by atoms with Gasteiger partial charge >= 0.3 is 0 Å². The second kappa shape index (κ2) is 4.90. The summed E-state index contributed by atoms with van der Waals surface area (Å²) >= 11 is 0. The fourth-order valence-corrected chi connectivity index (χ4v) is 2.95. The monoisotopic (exact) mass is 252 g/mol.